The van der Waals surface area contributed by atoms with Crippen LogP contribution in [0.2, 0.25) is 0 Å². The van der Waals surface area contributed by atoms with Crippen LogP contribution in [0.15, 0.2) is 0 Å². The Morgan fingerprint density at radius 2 is 1.00 bits per heavy atom. The van der Waals surface area contributed by atoms with Gasteiger partial charge in [0.2, 0.25) is 0 Å². The van der Waals surface area contributed by atoms with Gasteiger partial charge in [-0.1, -0.05) is 0 Å². The summed E-state index contributed by atoms with van der Waals surface area (Å²) in [6.45, 7) is 1.69. The molecule has 0 fully saturated rings. The van der Waals surface area contributed by atoms with E-state index in [9.17, 15) is 19.2 Å². The monoisotopic (exact) mass is 382 g/mol. The maximum absolute atomic E-state index is 11.2. The molecule has 0 heterocycles. The number of rotatable bonds is 10. The molecular weight excluding hydrogens is 356 g/mol. The number of aliphatic carboxylic acids is 1. The van der Waals surface area contributed by atoms with E-state index < -0.39 is 72.8 Å². The van der Waals surface area contributed by atoms with Crippen LogP contribution in [0.1, 0.15) is 27.2 Å². The first-order chi connectivity index (χ1) is 11.8. The molecule has 0 aliphatic rings. The van der Waals surface area contributed by atoms with Gasteiger partial charge in [0.25, 0.3) is 0 Å². The zero-order valence-corrected chi connectivity index (χ0v) is 14.7. The lowest BCUT2D eigenvalue weighted by atomic mass is 9.74. The first-order valence-corrected chi connectivity index (χ1v) is 7.48. The third kappa shape index (κ3) is 7.23. The first-order valence-electron chi connectivity index (χ1n) is 7.48. The number of carboxylic acid groups (broad SMARTS) is 1. The summed E-state index contributed by atoms with van der Waals surface area (Å²) in [5.74, 6) is -3.51. The molecule has 0 saturated heterocycles. The van der Waals surface area contributed by atoms with Gasteiger partial charge >= 0.3 is 5.97 Å². The van der Waals surface area contributed by atoms with E-state index in [0.29, 0.717) is 0 Å². The molecule has 0 saturated carbocycles. The molecule has 0 unspecified atom stereocenters. The summed E-state index contributed by atoms with van der Waals surface area (Å²) in [6, 6.07) is 0. The predicted octanol–water partition coefficient (Wildman–Crippen LogP) is -3.37. The van der Waals surface area contributed by atoms with Crippen LogP contribution in [0.3, 0.4) is 0 Å². The van der Waals surface area contributed by atoms with Gasteiger partial charge in [-0.05, 0) is 20.8 Å². The molecule has 0 aliphatic carbocycles. The van der Waals surface area contributed by atoms with Crippen LogP contribution >= 0.6 is 0 Å². The lowest BCUT2D eigenvalue weighted by Gasteiger charge is -2.24. The lowest BCUT2D eigenvalue weighted by molar-refractivity contribution is -0.154. The fourth-order valence-electron chi connectivity index (χ4n) is 2.02. The van der Waals surface area contributed by atoms with Gasteiger partial charge in [0, 0.05) is 0 Å². The number of carbonyl (C=O) groups excluding carboxylic acids is 3. The Hall–Kier alpha value is -1.76. The fourth-order valence-corrected chi connectivity index (χ4v) is 2.02. The van der Waals surface area contributed by atoms with Crippen LogP contribution < -0.4 is 0 Å². The summed E-state index contributed by atoms with van der Waals surface area (Å²) in [5, 5.41) is 60.7. The van der Waals surface area contributed by atoms with Gasteiger partial charge in [0.05, 0.1) is 19.6 Å². The van der Waals surface area contributed by atoms with Crippen molar-refractivity contribution < 1.29 is 54.9 Å². The molecule has 26 heavy (non-hydrogen) atoms. The Balaban J connectivity index is 0. The highest BCUT2D eigenvalue weighted by Gasteiger charge is 2.47. The van der Waals surface area contributed by atoms with Gasteiger partial charge in [0.1, 0.15) is 24.4 Å². The van der Waals surface area contributed by atoms with E-state index in [1.807, 2.05) is 0 Å². The third-order valence-corrected chi connectivity index (χ3v) is 3.73. The third-order valence-electron chi connectivity index (χ3n) is 3.73. The first kappa shape index (κ1) is 26.5. The van der Waals surface area contributed by atoms with Crippen LogP contribution in [0, 0.1) is 5.41 Å². The van der Waals surface area contributed by atoms with Crippen LogP contribution in [-0.4, -0.2) is 96.7 Å². The average molecular weight is 382 g/mol. The van der Waals surface area contributed by atoms with Crippen LogP contribution in [0.25, 0.3) is 0 Å². The molecule has 0 aromatic heterocycles. The predicted molar refractivity (Wildman–Crippen MR) is 84.9 cm³/mol. The highest BCUT2D eigenvalue weighted by molar-refractivity contribution is 6.24. The zero-order chi connectivity index (χ0) is 21.2. The summed E-state index contributed by atoms with van der Waals surface area (Å²) < 4.78 is 0. The van der Waals surface area contributed by atoms with Crippen molar-refractivity contribution in [1.82, 2.24) is 0 Å². The van der Waals surface area contributed by atoms with Crippen molar-refractivity contribution in [2.75, 3.05) is 13.2 Å². The largest absolute Gasteiger partial charge is 0.481 e. The summed E-state index contributed by atoms with van der Waals surface area (Å²) in [4.78, 5) is 44.0. The molecule has 152 valence electrons. The average Bonchev–Trinajstić information content (AvgIpc) is 2.56. The molecule has 0 spiro atoms. The Labute approximate surface area is 149 Å². The number of hydrogen-bond acceptors (Lipinski definition) is 10. The van der Waals surface area contributed by atoms with Crippen molar-refractivity contribution in [3.63, 3.8) is 0 Å². The second kappa shape index (κ2) is 11.8. The van der Waals surface area contributed by atoms with E-state index in [0.717, 1.165) is 20.8 Å². The zero-order valence-electron chi connectivity index (χ0n) is 14.7. The summed E-state index contributed by atoms with van der Waals surface area (Å²) in [7, 11) is 0. The molecule has 0 aromatic rings. The Bertz CT molecular complexity index is 452. The Kier molecular flexibility index (Phi) is 12.0. The summed E-state index contributed by atoms with van der Waals surface area (Å²) in [6.07, 6.45) is -7.16. The molecule has 4 atom stereocenters. The molecule has 0 bridgehead atoms. The van der Waals surface area contributed by atoms with Crippen LogP contribution in [0.5, 0.6) is 0 Å². The SMILES string of the molecule is CC(=O)C(CC(=O)O)(C(C)=O)C(C)=O.OC[C@@H](O)[C@@H](O)[C@H](O)[C@@H](O)CO. The van der Waals surface area contributed by atoms with Gasteiger partial charge in [-0.25, -0.2) is 0 Å². The minimum Gasteiger partial charge on any atom is -0.481 e. The molecule has 0 radical (unpaired) electrons. The number of aliphatic hydroxyl groups is 6. The minimum absolute atomic E-state index is 0.722. The number of aliphatic hydroxyl groups excluding tert-OH is 6. The highest BCUT2D eigenvalue weighted by Crippen LogP contribution is 2.26. The van der Waals surface area contributed by atoms with Crippen LogP contribution in [-0.2, 0) is 19.2 Å². The van der Waals surface area contributed by atoms with E-state index in [4.69, 9.17) is 35.7 Å². The van der Waals surface area contributed by atoms with Crippen molar-refractivity contribution in [2.45, 2.75) is 51.6 Å². The highest BCUT2D eigenvalue weighted by atomic mass is 16.4. The van der Waals surface area contributed by atoms with E-state index in [1.165, 1.54) is 0 Å². The maximum atomic E-state index is 11.2. The van der Waals surface area contributed by atoms with Crippen LogP contribution in [0.4, 0.5) is 0 Å². The Morgan fingerprint density at radius 3 is 1.12 bits per heavy atom. The van der Waals surface area contributed by atoms with E-state index in [1.54, 1.807) is 0 Å². The quantitative estimate of drug-likeness (QED) is 0.185. The molecule has 0 rings (SSSR count). The standard InChI is InChI=1S/C9H12O5.C6H14O6/c1-5(10)9(6(2)11,7(3)12)4-8(13)14;7-1-3(9)5(11)6(12)4(10)2-8/h4H2,1-3H3,(H,13,14);3-12H,1-2H2/t;3-,4+,5-,6-/m.1/s1. The van der Waals surface area contributed by atoms with Crippen molar-refractivity contribution in [2.24, 2.45) is 5.41 Å². The molecule has 0 aromatic carbocycles. The molecule has 0 amide bonds. The van der Waals surface area contributed by atoms with Crippen molar-refractivity contribution in [3.05, 3.63) is 0 Å². The molecular formula is C15H26O11. The number of ketones is 3. The van der Waals surface area contributed by atoms with Gasteiger partial charge in [0.15, 0.2) is 22.8 Å². The van der Waals surface area contributed by atoms with Gasteiger partial charge in [-0.2, -0.15) is 0 Å². The minimum atomic E-state index is -1.99. The number of carboxylic acids is 1. The normalized spacial score (nSPS) is 15.7. The van der Waals surface area contributed by atoms with Crippen molar-refractivity contribution in [3.8, 4) is 0 Å². The molecule has 11 heteroatoms. The number of hydrogen-bond donors (Lipinski definition) is 7. The second-order valence-corrected chi connectivity index (χ2v) is 5.63. The van der Waals surface area contributed by atoms with Crippen molar-refractivity contribution in [1.29, 1.82) is 0 Å². The molecule has 11 nitrogen and oxygen atoms in total. The molecule has 0 aliphatic heterocycles. The van der Waals surface area contributed by atoms with Gasteiger partial charge < -0.3 is 35.7 Å². The number of carbonyl (C=O) groups is 4. The van der Waals surface area contributed by atoms with Crippen molar-refractivity contribution >= 4 is 23.3 Å². The maximum Gasteiger partial charge on any atom is 0.305 e. The lowest BCUT2D eigenvalue weighted by Crippen LogP contribution is -2.46. The summed E-state index contributed by atoms with van der Waals surface area (Å²) in [5.41, 5.74) is -1.99. The smallest absolute Gasteiger partial charge is 0.305 e. The summed E-state index contributed by atoms with van der Waals surface area (Å²) >= 11 is 0. The van der Waals surface area contributed by atoms with E-state index >= 15 is 0 Å². The van der Waals surface area contributed by atoms with E-state index in [-0.39, 0.29) is 0 Å². The van der Waals surface area contributed by atoms with Gasteiger partial charge in [-0.3, -0.25) is 19.2 Å². The second-order valence-electron chi connectivity index (χ2n) is 5.63. The fraction of sp³-hybridized carbons (Fsp3) is 0.733. The number of Topliss-reactive ketones (excluding diaryl/α,β-unsaturated/α-hetero) is 3. The Morgan fingerprint density at radius 1 is 0.731 bits per heavy atom. The topological polar surface area (TPSA) is 210 Å². The van der Waals surface area contributed by atoms with Gasteiger partial charge in [-0.15, -0.1) is 0 Å². The molecule has 7 N–H and O–H groups in total. The van der Waals surface area contributed by atoms with E-state index in [2.05, 4.69) is 0 Å².